The molecule has 2 amide bonds. The van der Waals surface area contributed by atoms with Gasteiger partial charge in [-0.15, -0.1) is 0 Å². The largest absolute Gasteiger partial charge is 0.468 e. The number of hydrogen-bond acceptors (Lipinski definition) is 4. The first-order chi connectivity index (χ1) is 14.2. The monoisotopic (exact) mass is 395 g/mol. The van der Waals surface area contributed by atoms with E-state index in [9.17, 15) is 4.79 Å². The second-order valence-corrected chi connectivity index (χ2v) is 7.56. The molecule has 1 saturated heterocycles. The number of para-hydroxylation sites is 2. The van der Waals surface area contributed by atoms with E-state index in [2.05, 4.69) is 31.2 Å². The standard InChI is InChI=1S/C22H29N5O2/c1-17-25-18-8-3-4-9-19(18)27(17)14-11-23-22(28)24-16-20(21-10-7-15-29-21)26-12-5-2-6-13-26/h3-4,7-10,15,20H,2,5-6,11-14,16H2,1H3,(H2,23,24,28). The van der Waals surface area contributed by atoms with Crippen molar-refractivity contribution in [2.45, 2.75) is 38.8 Å². The maximum atomic E-state index is 12.4. The first-order valence-corrected chi connectivity index (χ1v) is 10.4. The predicted octanol–water partition coefficient (Wildman–Crippen LogP) is 3.46. The van der Waals surface area contributed by atoms with E-state index < -0.39 is 0 Å². The average Bonchev–Trinajstić information content (AvgIpc) is 3.37. The molecule has 0 bridgehead atoms. The highest BCUT2D eigenvalue weighted by Crippen LogP contribution is 2.24. The number of hydrogen-bond donors (Lipinski definition) is 2. The van der Waals surface area contributed by atoms with Gasteiger partial charge in [0, 0.05) is 19.6 Å². The normalized spacial score (nSPS) is 16.0. The molecule has 4 rings (SSSR count). The second-order valence-electron chi connectivity index (χ2n) is 7.56. The second kappa shape index (κ2) is 9.13. The van der Waals surface area contributed by atoms with Gasteiger partial charge < -0.3 is 19.6 Å². The molecule has 0 aliphatic carbocycles. The van der Waals surface area contributed by atoms with Crippen LogP contribution in [0.1, 0.15) is 36.9 Å². The van der Waals surface area contributed by atoms with Gasteiger partial charge in [0.1, 0.15) is 11.6 Å². The third-order valence-corrected chi connectivity index (χ3v) is 5.63. The van der Waals surface area contributed by atoms with Crippen molar-refractivity contribution in [2.75, 3.05) is 26.2 Å². The Morgan fingerprint density at radius 3 is 2.76 bits per heavy atom. The summed E-state index contributed by atoms with van der Waals surface area (Å²) in [6.07, 6.45) is 5.37. The highest BCUT2D eigenvalue weighted by Gasteiger charge is 2.24. The number of nitrogens with one attached hydrogen (secondary N) is 2. The van der Waals surface area contributed by atoms with Gasteiger partial charge in [0.25, 0.3) is 0 Å². The number of piperidine rings is 1. The molecule has 7 nitrogen and oxygen atoms in total. The molecule has 154 valence electrons. The number of nitrogens with zero attached hydrogens (tertiary/aromatic N) is 3. The van der Waals surface area contributed by atoms with E-state index in [4.69, 9.17) is 4.42 Å². The number of imidazole rings is 1. The van der Waals surface area contributed by atoms with Crippen LogP contribution in [0.5, 0.6) is 0 Å². The third kappa shape index (κ3) is 4.62. The zero-order chi connectivity index (χ0) is 20.1. The summed E-state index contributed by atoms with van der Waals surface area (Å²) in [5.41, 5.74) is 2.08. The zero-order valence-corrected chi connectivity index (χ0v) is 16.9. The van der Waals surface area contributed by atoms with Crippen molar-refractivity contribution >= 4 is 17.1 Å². The van der Waals surface area contributed by atoms with Gasteiger partial charge >= 0.3 is 6.03 Å². The van der Waals surface area contributed by atoms with Crippen molar-refractivity contribution in [2.24, 2.45) is 0 Å². The molecular weight excluding hydrogens is 366 g/mol. The minimum atomic E-state index is -0.152. The number of benzene rings is 1. The van der Waals surface area contributed by atoms with Crippen LogP contribution < -0.4 is 10.6 Å². The summed E-state index contributed by atoms with van der Waals surface area (Å²) >= 11 is 0. The number of urea groups is 1. The Morgan fingerprint density at radius 2 is 1.97 bits per heavy atom. The summed E-state index contributed by atoms with van der Waals surface area (Å²) in [6, 6.07) is 11.9. The SMILES string of the molecule is Cc1nc2ccccc2n1CCNC(=O)NCC(c1ccco1)N1CCCCC1. The van der Waals surface area contributed by atoms with E-state index >= 15 is 0 Å². The van der Waals surface area contributed by atoms with Gasteiger partial charge in [-0.3, -0.25) is 4.90 Å². The fourth-order valence-corrected chi connectivity index (χ4v) is 4.13. The van der Waals surface area contributed by atoms with Crippen LogP contribution in [0, 0.1) is 6.92 Å². The summed E-state index contributed by atoms with van der Waals surface area (Å²) < 4.78 is 7.78. The molecule has 1 atom stereocenters. The first-order valence-electron chi connectivity index (χ1n) is 10.4. The van der Waals surface area contributed by atoms with Gasteiger partial charge in [-0.1, -0.05) is 18.6 Å². The molecule has 2 N–H and O–H groups in total. The fraction of sp³-hybridized carbons (Fsp3) is 0.455. The van der Waals surface area contributed by atoms with Crippen molar-refractivity contribution < 1.29 is 9.21 Å². The van der Waals surface area contributed by atoms with Crippen molar-refractivity contribution in [3.05, 3.63) is 54.2 Å². The van der Waals surface area contributed by atoms with Crippen molar-refractivity contribution in [1.82, 2.24) is 25.1 Å². The molecule has 1 aliphatic heterocycles. The van der Waals surface area contributed by atoms with Crippen molar-refractivity contribution in [1.29, 1.82) is 0 Å². The molecule has 29 heavy (non-hydrogen) atoms. The zero-order valence-electron chi connectivity index (χ0n) is 16.9. The Balaban J connectivity index is 1.30. The highest BCUT2D eigenvalue weighted by atomic mass is 16.3. The number of carbonyl (C=O) groups is 1. The topological polar surface area (TPSA) is 75.3 Å². The lowest BCUT2D eigenvalue weighted by Crippen LogP contribution is -2.44. The number of rotatable bonds is 7. The third-order valence-electron chi connectivity index (χ3n) is 5.63. The van der Waals surface area contributed by atoms with E-state index in [1.165, 1.54) is 19.3 Å². The number of amides is 2. The van der Waals surface area contributed by atoms with Crippen molar-refractivity contribution in [3.63, 3.8) is 0 Å². The van der Waals surface area contributed by atoms with Crippen molar-refractivity contribution in [3.8, 4) is 0 Å². The fourth-order valence-electron chi connectivity index (χ4n) is 4.13. The Morgan fingerprint density at radius 1 is 1.14 bits per heavy atom. The van der Waals surface area contributed by atoms with Crippen LogP contribution in [-0.2, 0) is 6.54 Å². The van der Waals surface area contributed by atoms with E-state index in [-0.39, 0.29) is 12.1 Å². The van der Waals surface area contributed by atoms with E-state index in [1.807, 2.05) is 37.3 Å². The summed E-state index contributed by atoms with van der Waals surface area (Å²) in [4.78, 5) is 19.4. The summed E-state index contributed by atoms with van der Waals surface area (Å²) in [7, 11) is 0. The number of furan rings is 1. The number of aryl methyl sites for hydroxylation is 1. The van der Waals surface area contributed by atoms with Crippen LogP contribution in [0.2, 0.25) is 0 Å². The minimum Gasteiger partial charge on any atom is -0.468 e. The molecule has 0 saturated carbocycles. The predicted molar refractivity (Wildman–Crippen MR) is 113 cm³/mol. The highest BCUT2D eigenvalue weighted by molar-refractivity contribution is 5.76. The van der Waals surface area contributed by atoms with Gasteiger partial charge in [0.05, 0.1) is 23.3 Å². The molecule has 1 unspecified atom stereocenters. The van der Waals surface area contributed by atoms with Crippen LogP contribution in [-0.4, -0.2) is 46.7 Å². The van der Waals surface area contributed by atoms with Crippen LogP contribution in [0.15, 0.2) is 47.1 Å². The van der Waals surface area contributed by atoms with Crippen LogP contribution >= 0.6 is 0 Å². The molecule has 0 spiro atoms. The first kappa shape index (κ1) is 19.5. The molecular formula is C22H29N5O2. The molecule has 1 aliphatic rings. The molecule has 7 heteroatoms. The maximum absolute atomic E-state index is 12.4. The summed E-state index contributed by atoms with van der Waals surface area (Å²) in [5.74, 6) is 1.86. The van der Waals surface area contributed by atoms with Crippen LogP contribution in [0.4, 0.5) is 4.79 Å². The van der Waals surface area contributed by atoms with E-state index in [0.717, 1.165) is 35.7 Å². The molecule has 1 aromatic carbocycles. The molecule has 2 aromatic heterocycles. The lowest BCUT2D eigenvalue weighted by molar-refractivity contribution is 0.143. The quantitative estimate of drug-likeness (QED) is 0.642. The Kier molecular flexibility index (Phi) is 6.14. The van der Waals surface area contributed by atoms with E-state index in [0.29, 0.717) is 19.6 Å². The maximum Gasteiger partial charge on any atom is 0.314 e. The number of likely N-dealkylation sites (tertiary alicyclic amines) is 1. The van der Waals surface area contributed by atoms with Gasteiger partial charge in [-0.2, -0.15) is 0 Å². The lowest BCUT2D eigenvalue weighted by Gasteiger charge is -2.33. The Bertz CT molecular complexity index is 928. The molecule has 3 aromatic rings. The van der Waals surface area contributed by atoms with Gasteiger partial charge in [-0.25, -0.2) is 9.78 Å². The van der Waals surface area contributed by atoms with Gasteiger partial charge in [-0.05, 0) is 57.1 Å². The average molecular weight is 396 g/mol. The van der Waals surface area contributed by atoms with E-state index in [1.54, 1.807) is 6.26 Å². The minimum absolute atomic E-state index is 0.0795. The van der Waals surface area contributed by atoms with Crippen LogP contribution in [0.3, 0.4) is 0 Å². The number of fused-ring (bicyclic) bond motifs is 1. The smallest absolute Gasteiger partial charge is 0.314 e. The lowest BCUT2D eigenvalue weighted by atomic mass is 10.1. The summed E-state index contributed by atoms with van der Waals surface area (Å²) in [5, 5.41) is 5.99. The number of aromatic nitrogens is 2. The molecule has 3 heterocycles. The number of carbonyl (C=O) groups excluding carboxylic acids is 1. The Hall–Kier alpha value is -2.80. The van der Waals surface area contributed by atoms with Gasteiger partial charge in [0.15, 0.2) is 0 Å². The molecule has 1 fully saturated rings. The summed E-state index contributed by atoms with van der Waals surface area (Å²) in [6.45, 7) is 5.85. The molecule has 0 radical (unpaired) electrons. The van der Waals surface area contributed by atoms with Crippen LogP contribution in [0.25, 0.3) is 11.0 Å². The Labute approximate surface area is 171 Å². The van der Waals surface area contributed by atoms with Gasteiger partial charge in [0.2, 0.25) is 0 Å².